The van der Waals surface area contributed by atoms with Gasteiger partial charge in [-0.15, -0.1) is 0 Å². The number of thioether (sulfide) groups is 1. The van der Waals surface area contributed by atoms with Crippen molar-refractivity contribution in [2.75, 3.05) is 5.32 Å². The first kappa shape index (κ1) is 18.4. The van der Waals surface area contributed by atoms with Gasteiger partial charge in [0.2, 0.25) is 0 Å². The number of benzene rings is 1. The fourth-order valence-electron chi connectivity index (χ4n) is 2.30. The minimum absolute atomic E-state index is 0.198. The molecule has 2 atom stereocenters. The van der Waals surface area contributed by atoms with Crippen molar-refractivity contribution in [3.63, 3.8) is 0 Å². The van der Waals surface area contributed by atoms with E-state index in [4.69, 9.17) is 4.74 Å². The van der Waals surface area contributed by atoms with Crippen LogP contribution in [0.25, 0.3) is 0 Å². The van der Waals surface area contributed by atoms with Crippen LogP contribution in [0.1, 0.15) is 26.2 Å². The van der Waals surface area contributed by atoms with E-state index < -0.39 is 17.8 Å². The highest BCUT2D eigenvalue weighted by Gasteiger charge is 2.25. The lowest BCUT2D eigenvalue weighted by Crippen LogP contribution is -2.32. The minimum Gasteiger partial charge on any atom is -0.452 e. The molecule has 0 spiro atoms. The van der Waals surface area contributed by atoms with Crippen LogP contribution in [0.5, 0.6) is 0 Å². The van der Waals surface area contributed by atoms with Crippen LogP contribution in [-0.4, -0.2) is 23.7 Å². The van der Waals surface area contributed by atoms with Gasteiger partial charge in [-0.1, -0.05) is 23.9 Å². The third-order valence-corrected chi connectivity index (χ3v) is 4.33. The molecule has 1 amide bonds. The van der Waals surface area contributed by atoms with Crippen LogP contribution in [-0.2, 0) is 14.3 Å². The third-order valence-electron chi connectivity index (χ3n) is 3.61. The number of rotatable bonds is 6. The molecule has 7 heteroatoms. The monoisotopic (exact) mass is 355 g/mol. The molecule has 0 unspecified atom stereocenters. The van der Waals surface area contributed by atoms with E-state index in [1.54, 1.807) is 0 Å². The molecule has 0 radical (unpaired) electrons. The number of nitrogens with one attached hydrogen (secondary N) is 1. The van der Waals surface area contributed by atoms with Crippen molar-refractivity contribution in [2.24, 2.45) is 5.92 Å². The fourth-order valence-corrected chi connectivity index (χ4v) is 2.79. The van der Waals surface area contributed by atoms with Crippen molar-refractivity contribution in [2.45, 2.75) is 42.9 Å². The molecule has 0 aliphatic heterocycles. The van der Waals surface area contributed by atoms with E-state index in [9.17, 15) is 18.4 Å². The third kappa shape index (κ3) is 5.63. The van der Waals surface area contributed by atoms with Gasteiger partial charge >= 0.3 is 5.97 Å². The van der Waals surface area contributed by atoms with Gasteiger partial charge in [0.25, 0.3) is 11.7 Å². The van der Waals surface area contributed by atoms with Crippen LogP contribution >= 0.6 is 11.8 Å². The molecule has 1 aromatic carbocycles. The molecule has 1 aromatic rings. The van der Waals surface area contributed by atoms with Gasteiger partial charge in [-0.05, 0) is 50.5 Å². The Morgan fingerprint density at radius 2 is 1.96 bits per heavy atom. The number of allylic oxidation sites excluding steroid dienone is 2. The largest absolute Gasteiger partial charge is 0.452 e. The van der Waals surface area contributed by atoms with Crippen molar-refractivity contribution in [1.29, 1.82) is 0 Å². The topological polar surface area (TPSA) is 55.4 Å². The second-order valence-electron chi connectivity index (χ2n) is 5.45. The van der Waals surface area contributed by atoms with Gasteiger partial charge in [0.05, 0.1) is 5.92 Å². The molecule has 1 aliphatic carbocycles. The average molecular weight is 355 g/mol. The van der Waals surface area contributed by atoms with Crippen molar-refractivity contribution < 1.29 is 23.1 Å². The number of carbonyl (C=O) groups excluding carboxylic acids is 2. The summed E-state index contributed by atoms with van der Waals surface area (Å²) < 4.78 is 29.7. The molecule has 0 saturated heterocycles. The molecule has 1 aliphatic rings. The summed E-state index contributed by atoms with van der Waals surface area (Å²) in [6, 6.07) is 6.06. The normalized spacial score (nSPS) is 18.2. The molecule has 130 valence electrons. The first-order valence-corrected chi connectivity index (χ1v) is 8.55. The van der Waals surface area contributed by atoms with Crippen LogP contribution in [0.15, 0.2) is 41.3 Å². The number of amides is 1. The van der Waals surface area contributed by atoms with E-state index in [1.807, 2.05) is 12.2 Å². The van der Waals surface area contributed by atoms with Gasteiger partial charge in [-0.25, -0.2) is 0 Å². The lowest BCUT2D eigenvalue weighted by Gasteiger charge is -2.19. The predicted molar refractivity (Wildman–Crippen MR) is 89.0 cm³/mol. The van der Waals surface area contributed by atoms with Crippen molar-refractivity contribution in [3.05, 3.63) is 36.4 Å². The summed E-state index contributed by atoms with van der Waals surface area (Å²) in [4.78, 5) is 24.5. The van der Waals surface area contributed by atoms with Gasteiger partial charge in [0.1, 0.15) is 0 Å². The predicted octanol–water partition coefficient (Wildman–Crippen LogP) is 4.23. The molecule has 24 heavy (non-hydrogen) atoms. The van der Waals surface area contributed by atoms with Gasteiger partial charge in [0, 0.05) is 10.6 Å². The van der Waals surface area contributed by atoms with Gasteiger partial charge in [-0.3, -0.25) is 9.59 Å². The molecular formula is C17H19F2NO3S. The molecular weight excluding hydrogens is 336 g/mol. The highest BCUT2D eigenvalue weighted by atomic mass is 32.2. The number of hydrogen-bond donors (Lipinski definition) is 1. The zero-order valence-corrected chi connectivity index (χ0v) is 14.0. The molecule has 0 heterocycles. The van der Waals surface area contributed by atoms with Crippen LogP contribution < -0.4 is 5.32 Å². The molecule has 0 saturated carbocycles. The maximum Gasteiger partial charge on any atom is 0.310 e. The van der Waals surface area contributed by atoms with Crippen molar-refractivity contribution in [3.8, 4) is 0 Å². The lowest BCUT2D eigenvalue weighted by molar-refractivity contribution is -0.157. The maximum atomic E-state index is 12.3. The number of halogens is 2. The average Bonchev–Trinajstić information content (AvgIpc) is 2.56. The van der Waals surface area contributed by atoms with Crippen LogP contribution in [0.4, 0.5) is 14.5 Å². The Balaban J connectivity index is 1.84. The summed E-state index contributed by atoms with van der Waals surface area (Å²) in [6.45, 7) is 1.51. The van der Waals surface area contributed by atoms with E-state index in [-0.39, 0.29) is 11.9 Å². The Morgan fingerprint density at radius 1 is 1.25 bits per heavy atom. The highest BCUT2D eigenvalue weighted by molar-refractivity contribution is 7.99. The number of esters is 1. The number of alkyl halides is 2. The summed E-state index contributed by atoms with van der Waals surface area (Å²) in [7, 11) is 0. The summed E-state index contributed by atoms with van der Waals surface area (Å²) in [6.07, 6.45) is 5.25. The molecule has 4 nitrogen and oxygen atoms in total. The quantitative estimate of drug-likeness (QED) is 0.471. The fraction of sp³-hybridized carbons (Fsp3) is 0.412. The van der Waals surface area contributed by atoms with Crippen molar-refractivity contribution >= 4 is 29.3 Å². The first-order chi connectivity index (χ1) is 11.5. The maximum absolute atomic E-state index is 12.3. The van der Waals surface area contributed by atoms with E-state index in [2.05, 4.69) is 5.32 Å². The van der Waals surface area contributed by atoms with E-state index in [0.717, 1.165) is 12.8 Å². The first-order valence-electron chi connectivity index (χ1n) is 7.67. The zero-order chi connectivity index (χ0) is 17.5. The SMILES string of the molecule is C[C@H](OC(=O)[C@@H]1CC=CCC1)C(=O)Nc1ccc(SC(F)F)cc1. The highest BCUT2D eigenvalue weighted by Crippen LogP contribution is 2.26. The Hall–Kier alpha value is -1.89. The zero-order valence-electron chi connectivity index (χ0n) is 13.2. The number of hydrogen-bond acceptors (Lipinski definition) is 4. The van der Waals surface area contributed by atoms with Gasteiger partial charge in [-0.2, -0.15) is 8.78 Å². The van der Waals surface area contributed by atoms with E-state index >= 15 is 0 Å². The summed E-state index contributed by atoms with van der Waals surface area (Å²) in [5.41, 5.74) is 0.460. The number of anilines is 1. The lowest BCUT2D eigenvalue weighted by atomic mass is 9.95. The number of ether oxygens (including phenoxy) is 1. The second-order valence-corrected chi connectivity index (χ2v) is 6.52. The second kappa shape index (κ2) is 8.82. The van der Waals surface area contributed by atoms with Gasteiger partial charge < -0.3 is 10.1 Å². The summed E-state index contributed by atoms with van der Waals surface area (Å²) in [5.74, 6) is -3.51. The molecule has 0 fully saturated rings. The molecule has 0 bridgehead atoms. The Labute approximate surface area is 143 Å². The Kier molecular flexibility index (Phi) is 6.78. The minimum atomic E-state index is -2.49. The summed E-state index contributed by atoms with van der Waals surface area (Å²) in [5, 5.41) is 2.60. The summed E-state index contributed by atoms with van der Waals surface area (Å²) >= 11 is 0.436. The Bertz CT molecular complexity index is 604. The van der Waals surface area contributed by atoms with Crippen molar-refractivity contribution in [1.82, 2.24) is 0 Å². The van der Waals surface area contributed by atoms with Gasteiger partial charge in [0.15, 0.2) is 6.10 Å². The molecule has 1 N–H and O–H groups in total. The van der Waals surface area contributed by atoms with Crippen LogP contribution in [0, 0.1) is 5.92 Å². The standard InChI is InChI=1S/C17H19F2NO3S/c1-11(23-16(22)12-5-3-2-4-6-12)15(21)20-13-7-9-14(10-8-13)24-17(18)19/h2-3,7-12,17H,4-6H2,1H3,(H,20,21)/t11-,12+/m0/s1. The van der Waals surface area contributed by atoms with Crippen LogP contribution in [0.3, 0.4) is 0 Å². The number of carbonyl (C=O) groups is 2. The van der Waals surface area contributed by atoms with E-state index in [1.165, 1.54) is 31.2 Å². The smallest absolute Gasteiger partial charge is 0.310 e. The van der Waals surface area contributed by atoms with E-state index in [0.29, 0.717) is 28.8 Å². The molecule has 0 aromatic heterocycles. The Morgan fingerprint density at radius 3 is 2.54 bits per heavy atom. The van der Waals surface area contributed by atoms with Crippen LogP contribution in [0.2, 0.25) is 0 Å². The molecule has 2 rings (SSSR count).